The van der Waals surface area contributed by atoms with Crippen molar-refractivity contribution in [1.29, 1.82) is 0 Å². The van der Waals surface area contributed by atoms with E-state index in [1.165, 1.54) is 5.56 Å². The number of hydrogen-bond donors (Lipinski definition) is 0. The molecule has 0 radical (unpaired) electrons. The molecule has 1 aliphatic heterocycles. The Balaban J connectivity index is 1.94. The molecule has 2 nitrogen and oxygen atoms in total. The summed E-state index contributed by atoms with van der Waals surface area (Å²) in [5.74, 6) is 0. The van der Waals surface area contributed by atoms with E-state index in [1.54, 1.807) is 0 Å². The molecule has 1 saturated heterocycles. The third-order valence-electron chi connectivity index (χ3n) is 2.43. The van der Waals surface area contributed by atoms with Gasteiger partial charge in [-0.15, -0.1) is 0 Å². The van der Waals surface area contributed by atoms with Gasteiger partial charge in [0.2, 0.25) is 0 Å². The lowest BCUT2D eigenvalue weighted by Crippen LogP contribution is -2.28. The Bertz CT molecular complexity index is 346. The van der Waals surface area contributed by atoms with Crippen LogP contribution in [0.15, 0.2) is 36.4 Å². The van der Waals surface area contributed by atoms with Gasteiger partial charge in [0.25, 0.3) is 0 Å². The molecule has 2 heteroatoms. The van der Waals surface area contributed by atoms with Gasteiger partial charge < -0.3 is 4.74 Å². The van der Waals surface area contributed by atoms with Gasteiger partial charge in [-0.1, -0.05) is 30.3 Å². The topological polar surface area (TPSA) is 12.2 Å². The van der Waals surface area contributed by atoms with Crippen molar-refractivity contribution in [3.8, 4) is 0 Å². The second-order valence-corrected chi connectivity index (χ2v) is 3.57. The maximum absolute atomic E-state index is 5.28. The number of hydrogen-bond acceptors (Lipinski definition) is 1. The first kappa shape index (κ1) is 10.1. The van der Waals surface area contributed by atoms with Crippen LogP contribution in [0.3, 0.4) is 0 Å². The summed E-state index contributed by atoms with van der Waals surface area (Å²) in [6, 6.07) is 10.3. The minimum atomic E-state index is 0.843. The van der Waals surface area contributed by atoms with Crippen LogP contribution in [-0.2, 0) is 4.74 Å². The van der Waals surface area contributed by atoms with Gasteiger partial charge in [-0.2, -0.15) is 0 Å². The first-order valence-corrected chi connectivity index (χ1v) is 5.33. The van der Waals surface area contributed by atoms with E-state index in [-0.39, 0.29) is 0 Å². The van der Waals surface area contributed by atoms with Gasteiger partial charge in [0, 0.05) is 6.08 Å². The molecule has 2 rings (SSSR count). The Kier molecular flexibility index (Phi) is 3.69. The number of nitrogens with zero attached hydrogens (tertiary/aromatic N) is 1. The molecule has 0 unspecified atom stereocenters. The summed E-state index contributed by atoms with van der Waals surface area (Å²) >= 11 is 0. The average Bonchev–Trinajstić information content (AvgIpc) is 2.32. The fourth-order valence-corrected chi connectivity index (χ4v) is 1.57. The van der Waals surface area contributed by atoms with Crippen LogP contribution in [-0.4, -0.2) is 37.1 Å². The molecule has 1 heterocycles. The SMILES string of the molecule is C(/C=C/c1ccccc1)=[N+]1CCOCC1. The van der Waals surface area contributed by atoms with Crippen molar-refractivity contribution in [2.24, 2.45) is 0 Å². The third kappa shape index (κ3) is 3.33. The van der Waals surface area contributed by atoms with Gasteiger partial charge in [0.05, 0.1) is 0 Å². The van der Waals surface area contributed by atoms with E-state index in [1.807, 2.05) is 6.07 Å². The summed E-state index contributed by atoms with van der Waals surface area (Å²) in [5, 5.41) is 0. The van der Waals surface area contributed by atoms with Crippen molar-refractivity contribution in [3.63, 3.8) is 0 Å². The lowest BCUT2D eigenvalue weighted by molar-refractivity contribution is -0.544. The van der Waals surface area contributed by atoms with Crippen molar-refractivity contribution in [2.75, 3.05) is 26.3 Å². The number of morpholine rings is 1. The molecular weight excluding hydrogens is 186 g/mol. The minimum Gasteiger partial charge on any atom is -0.368 e. The van der Waals surface area contributed by atoms with Crippen LogP contribution >= 0.6 is 0 Å². The van der Waals surface area contributed by atoms with Crippen LogP contribution in [0.1, 0.15) is 5.56 Å². The fourth-order valence-electron chi connectivity index (χ4n) is 1.57. The summed E-state index contributed by atoms with van der Waals surface area (Å²) in [6.45, 7) is 3.68. The van der Waals surface area contributed by atoms with Crippen molar-refractivity contribution in [2.45, 2.75) is 0 Å². The van der Waals surface area contributed by atoms with E-state index in [0.29, 0.717) is 0 Å². The molecule has 0 spiro atoms. The Morgan fingerprint density at radius 1 is 1.07 bits per heavy atom. The summed E-state index contributed by atoms with van der Waals surface area (Å²) in [7, 11) is 0. The number of rotatable bonds is 2. The molecule has 1 aromatic rings. The van der Waals surface area contributed by atoms with Crippen LogP contribution in [0.2, 0.25) is 0 Å². The largest absolute Gasteiger partial charge is 0.368 e. The normalized spacial score (nSPS) is 16.9. The van der Waals surface area contributed by atoms with Gasteiger partial charge in [-0.3, -0.25) is 0 Å². The van der Waals surface area contributed by atoms with E-state index in [0.717, 1.165) is 26.3 Å². The zero-order valence-electron chi connectivity index (χ0n) is 8.80. The lowest BCUT2D eigenvalue weighted by atomic mass is 10.2. The molecule has 0 atom stereocenters. The Morgan fingerprint density at radius 2 is 1.80 bits per heavy atom. The number of ether oxygens (including phenoxy) is 1. The van der Waals surface area contributed by atoms with E-state index < -0.39 is 0 Å². The number of allylic oxidation sites excluding steroid dienone is 1. The predicted octanol–water partition coefficient (Wildman–Crippen LogP) is 1.81. The molecule has 78 valence electrons. The number of benzene rings is 1. The third-order valence-corrected chi connectivity index (χ3v) is 2.43. The summed E-state index contributed by atoms with van der Waals surface area (Å²) in [6.07, 6.45) is 6.35. The molecule has 0 aromatic heterocycles. The molecule has 1 aromatic carbocycles. The second-order valence-electron chi connectivity index (χ2n) is 3.57. The molecule has 0 aliphatic carbocycles. The maximum Gasteiger partial charge on any atom is 0.166 e. The monoisotopic (exact) mass is 202 g/mol. The first-order chi connectivity index (χ1) is 7.45. The highest BCUT2D eigenvalue weighted by molar-refractivity contribution is 5.74. The van der Waals surface area contributed by atoms with Crippen molar-refractivity contribution in [1.82, 2.24) is 0 Å². The van der Waals surface area contributed by atoms with Crippen LogP contribution in [0.5, 0.6) is 0 Å². The summed E-state index contributed by atoms with van der Waals surface area (Å²) in [4.78, 5) is 0. The highest BCUT2D eigenvalue weighted by atomic mass is 16.5. The zero-order chi connectivity index (χ0) is 10.3. The molecule has 0 amide bonds. The molecule has 1 aliphatic rings. The first-order valence-electron chi connectivity index (χ1n) is 5.33. The second kappa shape index (κ2) is 5.47. The minimum absolute atomic E-state index is 0.843. The van der Waals surface area contributed by atoms with Crippen LogP contribution in [0.25, 0.3) is 6.08 Å². The van der Waals surface area contributed by atoms with E-state index >= 15 is 0 Å². The smallest absolute Gasteiger partial charge is 0.166 e. The highest BCUT2D eigenvalue weighted by Gasteiger charge is 2.08. The van der Waals surface area contributed by atoms with Crippen molar-refractivity contribution < 1.29 is 9.31 Å². The van der Waals surface area contributed by atoms with Gasteiger partial charge in [-0.05, 0) is 11.6 Å². The van der Waals surface area contributed by atoms with Crippen LogP contribution in [0, 0.1) is 0 Å². The van der Waals surface area contributed by atoms with Gasteiger partial charge in [-0.25, -0.2) is 4.58 Å². The molecule has 15 heavy (non-hydrogen) atoms. The summed E-state index contributed by atoms with van der Waals surface area (Å²) in [5.41, 5.74) is 1.24. The Labute approximate surface area is 90.5 Å². The molecule has 1 fully saturated rings. The van der Waals surface area contributed by atoms with Gasteiger partial charge in [0.1, 0.15) is 13.2 Å². The molecule has 0 saturated carbocycles. The summed E-state index contributed by atoms with van der Waals surface area (Å²) < 4.78 is 7.56. The van der Waals surface area contributed by atoms with Gasteiger partial charge in [0.15, 0.2) is 19.3 Å². The highest BCUT2D eigenvalue weighted by Crippen LogP contribution is 1.99. The Hall–Kier alpha value is -1.41. The lowest BCUT2D eigenvalue weighted by Gasteiger charge is -2.09. The molecular formula is C13H16NO+. The Morgan fingerprint density at radius 3 is 2.53 bits per heavy atom. The molecule has 0 bridgehead atoms. The zero-order valence-corrected chi connectivity index (χ0v) is 8.80. The predicted molar refractivity (Wildman–Crippen MR) is 62.4 cm³/mol. The van der Waals surface area contributed by atoms with Crippen molar-refractivity contribution >= 4 is 12.3 Å². The van der Waals surface area contributed by atoms with Crippen LogP contribution < -0.4 is 0 Å². The van der Waals surface area contributed by atoms with Gasteiger partial charge >= 0.3 is 0 Å². The maximum atomic E-state index is 5.28. The standard InChI is InChI=1S/C13H16NO/c1-2-5-13(6-3-1)7-4-8-14-9-11-15-12-10-14/h1-8H,9-12H2/q+1/b7-4+. The fraction of sp³-hybridized carbons (Fsp3) is 0.308. The molecule has 0 N–H and O–H groups in total. The average molecular weight is 202 g/mol. The van der Waals surface area contributed by atoms with Crippen LogP contribution in [0.4, 0.5) is 0 Å². The van der Waals surface area contributed by atoms with E-state index in [9.17, 15) is 0 Å². The van der Waals surface area contributed by atoms with E-state index in [2.05, 4.69) is 47.2 Å². The quantitative estimate of drug-likeness (QED) is 0.666. The van der Waals surface area contributed by atoms with Crippen molar-refractivity contribution in [3.05, 3.63) is 42.0 Å². The van der Waals surface area contributed by atoms with E-state index in [4.69, 9.17) is 4.74 Å².